The van der Waals surface area contributed by atoms with Crippen LogP contribution < -0.4 is 9.47 Å². The van der Waals surface area contributed by atoms with Crippen molar-refractivity contribution in [1.29, 1.82) is 0 Å². The van der Waals surface area contributed by atoms with Gasteiger partial charge in [-0.15, -0.1) is 5.10 Å². The van der Waals surface area contributed by atoms with Crippen LogP contribution >= 0.6 is 0 Å². The van der Waals surface area contributed by atoms with Gasteiger partial charge in [-0.2, -0.15) is 0 Å². The Morgan fingerprint density at radius 3 is 2.61 bits per heavy atom. The van der Waals surface area contributed by atoms with Gasteiger partial charge >= 0.3 is 0 Å². The quantitative estimate of drug-likeness (QED) is 0.419. The van der Waals surface area contributed by atoms with E-state index in [1.165, 1.54) is 6.33 Å². The molecule has 0 amide bonds. The minimum absolute atomic E-state index is 0.0963. The smallest absolute Gasteiger partial charge is 0.228 e. The summed E-state index contributed by atoms with van der Waals surface area (Å²) in [6.07, 6.45) is 1.53. The van der Waals surface area contributed by atoms with E-state index >= 15 is 0 Å². The first-order valence-corrected chi connectivity index (χ1v) is 10.3. The second-order valence-corrected chi connectivity index (χ2v) is 7.71. The Morgan fingerprint density at radius 1 is 1.00 bits per heavy atom. The number of aromatic hydroxyl groups is 2. The van der Waals surface area contributed by atoms with Crippen molar-refractivity contribution in [2.75, 3.05) is 7.11 Å². The average molecular weight is 438 g/mol. The molecule has 3 heterocycles. The largest absolute Gasteiger partial charge is 0.508 e. The molecule has 2 aromatic heterocycles. The molecule has 162 valence electrons. The summed E-state index contributed by atoms with van der Waals surface area (Å²) in [5.41, 5.74) is 3.69. The summed E-state index contributed by atoms with van der Waals surface area (Å²) in [5.74, 6) is 1.98. The number of phenols is 2. The van der Waals surface area contributed by atoms with Gasteiger partial charge in [-0.3, -0.25) is 0 Å². The van der Waals surface area contributed by atoms with E-state index in [9.17, 15) is 10.2 Å². The number of benzene rings is 3. The molecule has 0 spiro atoms. The van der Waals surface area contributed by atoms with Gasteiger partial charge in [-0.25, -0.2) is 14.5 Å². The Labute approximate surface area is 188 Å². The van der Waals surface area contributed by atoms with E-state index in [0.29, 0.717) is 28.7 Å². The first kappa shape index (κ1) is 19.1. The zero-order valence-corrected chi connectivity index (χ0v) is 17.5. The van der Waals surface area contributed by atoms with Crippen molar-refractivity contribution in [2.45, 2.75) is 5.92 Å². The molecule has 1 aliphatic heterocycles. The summed E-state index contributed by atoms with van der Waals surface area (Å²) in [6.45, 7) is 0. The molecular formula is C25H18N4O4. The van der Waals surface area contributed by atoms with Gasteiger partial charge in [-0.1, -0.05) is 30.3 Å². The van der Waals surface area contributed by atoms with Crippen LogP contribution in [0.1, 0.15) is 22.6 Å². The van der Waals surface area contributed by atoms with Crippen molar-refractivity contribution < 1.29 is 19.7 Å². The lowest BCUT2D eigenvalue weighted by molar-refractivity contribution is 0.414. The highest BCUT2D eigenvalue weighted by Gasteiger charge is 2.33. The average Bonchev–Trinajstić information content (AvgIpc) is 3.27. The van der Waals surface area contributed by atoms with Crippen molar-refractivity contribution >= 4 is 5.65 Å². The number of ether oxygens (including phenoxy) is 2. The van der Waals surface area contributed by atoms with E-state index < -0.39 is 0 Å². The zero-order valence-electron chi connectivity index (χ0n) is 17.5. The lowest BCUT2D eigenvalue weighted by Gasteiger charge is -2.28. The minimum Gasteiger partial charge on any atom is -0.508 e. The SMILES string of the molecule is COc1ccc(C2c3ccc(O)cc3Oc3ncn4nc(-c5ccccc5O)nc4c32)cc1. The molecule has 0 aliphatic carbocycles. The molecule has 2 N–H and O–H groups in total. The van der Waals surface area contributed by atoms with E-state index in [1.54, 1.807) is 42.0 Å². The number of nitrogens with zero attached hydrogens (tertiary/aromatic N) is 4. The van der Waals surface area contributed by atoms with E-state index in [-0.39, 0.29) is 17.4 Å². The lowest BCUT2D eigenvalue weighted by atomic mass is 9.84. The number of phenolic OH excluding ortho intramolecular Hbond substituents is 2. The van der Waals surface area contributed by atoms with Gasteiger partial charge in [0.2, 0.25) is 5.88 Å². The fourth-order valence-corrected chi connectivity index (χ4v) is 4.22. The molecule has 6 rings (SSSR count). The molecule has 5 aromatic rings. The van der Waals surface area contributed by atoms with E-state index in [2.05, 4.69) is 10.1 Å². The summed E-state index contributed by atoms with van der Waals surface area (Å²) >= 11 is 0. The number of aromatic nitrogens is 4. The second kappa shape index (κ2) is 7.23. The topological polar surface area (TPSA) is 102 Å². The molecule has 1 atom stereocenters. The number of rotatable bonds is 3. The Kier molecular flexibility index (Phi) is 4.19. The highest BCUT2D eigenvalue weighted by atomic mass is 16.5. The van der Waals surface area contributed by atoms with Crippen molar-refractivity contribution in [3.05, 3.63) is 89.7 Å². The predicted octanol–water partition coefficient (Wildman–Crippen LogP) is 4.50. The first-order valence-electron chi connectivity index (χ1n) is 10.3. The first-order chi connectivity index (χ1) is 16.1. The third-order valence-corrected chi connectivity index (χ3v) is 5.78. The van der Waals surface area contributed by atoms with Crippen LogP contribution in [0.5, 0.6) is 28.9 Å². The fraction of sp³-hybridized carbons (Fsp3) is 0.0800. The number of hydrogen-bond donors (Lipinski definition) is 2. The Balaban J connectivity index is 1.60. The summed E-state index contributed by atoms with van der Waals surface area (Å²) in [5, 5.41) is 24.9. The molecule has 8 heteroatoms. The standard InChI is InChI=1S/C25H18N4O4/c1-32-16-9-6-14(7-10-16)21-18-11-8-15(30)12-20(18)33-25-22(21)24-27-23(28-29(24)13-26-25)17-4-2-3-5-19(17)31/h2-13,21,30-31H,1H3. The minimum atomic E-state index is -0.270. The van der Waals surface area contributed by atoms with Crippen LogP contribution in [0.25, 0.3) is 17.0 Å². The van der Waals surface area contributed by atoms with Gasteiger partial charge < -0.3 is 19.7 Å². The summed E-state index contributed by atoms with van der Waals surface area (Å²) < 4.78 is 13.0. The van der Waals surface area contributed by atoms with Crippen molar-refractivity contribution in [1.82, 2.24) is 19.6 Å². The van der Waals surface area contributed by atoms with Gasteiger partial charge in [0.05, 0.1) is 18.2 Å². The molecule has 8 nitrogen and oxygen atoms in total. The molecule has 0 saturated heterocycles. The van der Waals surface area contributed by atoms with E-state index in [1.807, 2.05) is 36.4 Å². The van der Waals surface area contributed by atoms with Crippen LogP contribution in [0.15, 0.2) is 73.1 Å². The van der Waals surface area contributed by atoms with Gasteiger partial charge in [-0.05, 0) is 35.9 Å². The summed E-state index contributed by atoms with van der Waals surface area (Å²) in [7, 11) is 1.63. The third-order valence-electron chi connectivity index (χ3n) is 5.78. The zero-order chi connectivity index (χ0) is 22.5. The molecule has 0 radical (unpaired) electrons. The fourth-order valence-electron chi connectivity index (χ4n) is 4.22. The molecular weight excluding hydrogens is 420 g/mol. The van der Waals surface area contributed by atoms with Gasteiger partial charge in [0, 0.05) is 17.5 Å². The molecule has 1 unspecified atom stereocenters. The number of para-hydroxylation sites is 1. The Hall–Kier alpha value is -4.59. The monoisotopic (exact) mass is 438 g/mol. The maximum Gasteiger partial charge on any atom is 0.228 e. The molecule has 0 saturated carbocycles. The maximum absolute atomic E-state index is 10.3. The summed E-state index contributed by atoms with van der Waals surface area (Å²) in [6, 6.07) is 19.8. The van der Waals surface area contributed by atoms with Gasteiger partial charge in [0.15, 0.2) is 11.5 Å². The molecule has 33 heavy (non-hydrogen) atoms. The highest BCUT2D eigenvalue weighted by molar-refractivity contribution is 5.70. The second-order valence-electron chi connectivity index (χ2n) is 7.71. The summed E-state index contributed by atoms with van der Waals surface area (Å²) in [4.78, 5) is 9.24. The normalized spacial score (nSPS) is 14.4. The van der Waals surface area contributed by atoms with Crippen LogP contribution in [0.2, 0.25) is 0 Å². The highest BCUT2D eigenvalue weighted by Crippen LogP contribution is 2.48. The van der Waals surface area contributed by atoms with Crippen molar-refractivity contribution in [3.63, 3.8) is 0 Å². The molecule has 0 bridgehead atoms. The predicted molar refractivity (Wildman–Crippen MR) is 120 cm³/mol. The third kappa shape index (κ3) is 3.03. The number of fused-ring (bicyclic) bond motifs is 4. The lowest BCUT2D eigenvalue weighted by Crippen LogP contribution is -2.15. The van der Waals surface area contributed by atoms with Crippen LogP contribution in [-0.4, -0.2) is 36.9 Å². The van der Waals surface area contributed by atoms with Crippen LogP contribution in [0.4, 0.5) is 0 Å². The van der Waals surface area contributed by atoms with Crippen molar-refractivity contribution in [3.8, 4) is 40.3 Å². The molecule has 3 aromatic carbocycles. The Morgan fingerprint density at radius 2 is 1.82 bits per heavy atom. The van der Waals surface area contributed by atoms with E-state index in [4.69, 9.17) is 14.5 Å². The molecule has 0 fully saturated rings. The Bertz CT molecular complexity index is 1510. The van der Waals surface area contributed by atoms with Crippen molar-refractivity contribution in [2.24, 2.45) is 0 Å². The van der Waals surface area contributed by atoms with Gasteiger partial charge in [0.1, 0.15) is 29.3 Å². The van der Waals surface area contributed by atoms with Crippen LogP contribution in [-0.2, 0) is 0 Å². The van der Waals surface area contributed by atoms with E-state index in [0.717, 1.165) is 22.4 Å². The van der Waals surface area contributed by atoms with Crippen LogP contribution in [0, 0.1) is 0 Å². The van der Waals surface area contributed by atoms with Crippen LogP contribution in [0.3, 0.4) is 0 Å². The maximum atomic E-state index is 10.3. The molecule has 1 aliphatic rings. The van der Waals surface area contributed by atoms with Gasteiger partial charge in [0.25, 0.3) is 0 Å². The number of methoxy groups -OCH3 is 1. The number of hydrogen-bond acceptors (Lipinski definition) is 7.